The number of anilines is 1. The topological polar surface area (TPSA) is 58.6 Å². The van der Waals surface area contributed by atoms with Gasteiger partial charge >= 0.3 is 5.97 Å². The highest BCUT2D eigenvalue weighted by molar-refractivity contribution is 5.96. The summed E-state index contributed by atoms with van der Waals surface area (Å²) < 4.78 is 4.62. The number of hydrogen-bond donors (Lipinski definition) is 2. The minimum atomic E-state index is -0.483. The molecule has 2 N–H and O–H groups in total. The highest BCUT2D eigenvalue weighted by atomic mass is 16.5. The molecule has 0 spiro atoms. The van der Waals surface area contributed by atoms with Crippen LogP contribution >= 0.6 is 0 Å². The molecule has 0 atom stereocenters. The van der Waals surface area contributed by atoms with Crippen molar-refractivity contribution in [3.63, 3.8) is 0 Å². The fourth-order valence-corrected chi connectivity index (χ4v) is 1.71. The second kappa shape index (κ2) is 3.21. The summed E-state index contributed by atoms with van der Waals surface area (Å²) in [6, 6.07) is 3.27. The third-order valence-corrected chi connectivity index (χ3v) is 2.37. The van der Waals surface area contributed by atoms with Crippen LogP contribution < -0.4 is 5.32 Å². The first-order valence-electron chi connectivity index (χ1n) is 4.41. The van der Waals surface area contributed by atoms with Gasteiger partial charge in [-0.15, -0.1) is 0 Å². The molecule has 0 aliphatic carbocycles. The Balaban J connectivity index is 2.57. The van der Waals surface area contributed by atoms with Gasteiger partial charge in [-0.1, -0.05) is 0 Å². The van der Waals surface area contributed by atoms with E-state index in [0.717, 1.165) is 24.2 Å². The van der Waals surface area contributed by atoms with E-state index in [1.165, 1.54) is 13.2 Å². The Labute approximate surface area is 81.5 Å². The van der Waals surface area contributed by atoms with Crippen molar-refractivity contribution in [3.8, 4) is 5.75 Å². The van der Waals surface area contributed by atoms with E-state index >= 15 is 0 Å². The molecule has 1 aliphatic rings. The Kier molecular flexibility index (Phi) is 2.04. The van der Waals surface area contributed by atoms with Gasteiger partial charge in [0.1, 0.15) is 11.3 Å². The monoisotopic (exact) mass is 193 g/mol. The van der Waals surface area contributed by atoms with Crippen LogP contribution in [0.3, 0.4) is 0 Å². The smallest absolute Gasteiger partial charge is 0.341 e. The van der Waals surface area contributed by atoms with Crippen LogP contribution in [-0.4, -0.2) is 24.7 Å². The molecule has 14 heavy (non-hydrogen) atoms. The molecule has 0 bridgehead atoms. The van der Waals surface area contributed by atoms with Crippen molar-refractivity contribution in [2.45, 2.75) is 6.42 Å². The third kappa shape index (κ3) is 1.19. The van der Waals surface area contributed by atoms with E-state index in [-0.39, 0.29) is 11.3 Å². The van der Waals surface area contributed by atoms with E-state index in [2.05, 4.69) is 10.1 Å². The molecule has 0 radical (unpaired) electrons. The lowest BCUT2D eigenvalue weighted by Crippen LogP contribution is -2.05. The molecule has 1 aromatic rings. The number of methoxy groups -OCH3 is 1. The number of carbonyl (C=O) groups is 1. The molecule has 0 unspecified atom stereocenters. The maximum absolute atomic E-state index is 11.4. The Bertz CT molecular complexity index is 387. The molecule has 0 saturated carbocycles. The average molecular weight is 193 g/mol. The second-order valence-corrected chi connectivity index (χ2v) is 3.15. The summed E-state index contributed by atoms with van der Waals surface area (Å²) in [6.45, 7) is 0.794. The zero-order valence-electron chi connectivity index (χ0n) is 7.83. The molecule has 1 aromatic carbocycles. The van der Waals surface area contributed by atoms with Gasteiger partial charge in [0.2, 0.25) is 0 Å². The van der Waals surface area contributed by atoms with Crippen molar-refractivity contribution in [2.75, 3.05) is 19.0 Å². The molecule has 1 heterocycles. The number of nitrogens with one attached hydrogen (secondary N) is 1. The van der Waals surface area contributed by atoms with Gasteiger partial charge in [0.15, 0.2) is 0 Å². The zero-order chi connectivity index (χ0) is 10.1. The van der Waals surface area contributed by atoms with Crippen LogP contribution in [0.2, 0.25) is 0 Å². The number of carbonyl (C=O) groups excluding carboxylic acids is 1. The van der Waals surface area contributed by atoms with E-state index < -0.39 is 5.97 Å². The molecule has 0 saturated heterocycles. The van der Waals surface area contributed by atoms with Crippen molar-refractivity contribution >= 4 is 11.7 Å². The average Bonchev–Trinajstić information content (AvgIpc) is 2.64. The number of esters is 1. The van der Waals surface area contributed by atoms with E-state index in [9.17, 15) is 9.90 Å². The summed E-state index contributed by atoms with van der Waals surface area (Å²) in [7, 11) is 1.31. The van der Waals surface area contributed by atoms with Crippen molar-refractivity contribution in [1.82, 2.24) is 0 Å². The van der Waals surface area contributed by atoms with E-state index in [1.807, 2.05) is 0 Å². The van der Waals surface area contributed by atoms with Crippen LogP contribution in [0.4, 0.5) is 5.69 Å². The maximum Gasteiger partial charge on any atom is 0.341 e. The molecule has 2 rings (SSSR count). The molecule has 0 aromatic heterocycles. The van der Waals surface area contributed by atoms with Gasteiger partial charge in [-0.05, 0) is 24.1 Å². The molecule has 4 nitrogen and oxygen atoms in total. The number of aromatic hydroxyl groups is 1. The van der Waals surface area contributed by atoms with Crippen LogP contribution in [0, 0.1) is 0 Å². The number of fused-ring (bicyclic) bond motifs is 1. The van der Waals surface area contributed by atoms with Crippen LogP contribution in [0.15, 0.2) is 12.1 Å². The van der Waals surface area contributed by atoms with Crippen molar-refractivity contribution in [3.05, 3.63) is 23.3 Å². The summed E-state index contributed by atoms with van der Waals surface area (Å²) >= 11 is 0. The van der Waals surface area contributed by atoms with Crippen LogP contribution in [0.5, 0.6) is 5.75 Å². The van der Waals surface area contributed by atoms with Gasteiger partial charge < -0.3 is 15.2 Å². The molecule has 0 amide bonds. The van der Waals surface area contributed by atoms with Crippen molar-refractivity contribution in [2.24, 2.45) is 0 Å². The highest BCUT2D eigenvalue weighted by Crippen LogP contribution is 2.32. The summed E-state index contributed by atoms with van der Waals surface area (Å²) in [5, 5.41) is 12.7. The number of phenols is 1. The standard InChI is InChI=1S/C10H11NO3/c1-14-10(13)9-6-4-5-11-7(6)2-3-8(9)12/h2-3,11-12H,4-5H2,1H3. The summed E-state index contributed by atoms with van der Waals surface area (Å²) in [5.74, 6) is -0.498. The Morgan fingerprint density at radius 3 is 3.07 bits per heavy atom. The minimum absolute atomic E-state index is 0.0145. The van der Waals surface area contributed by atoms with Gasteiger partial charge in [-0.3, -0.25) is 0 Å². The lowest BCUT2D eigenvalue weighted by Gasteiger charge is -2.07. The second-order valence-electron chi connectivity index (χ2n) is 3.15. The van der Waals surface area contributed by atoms with Gasteiger partial charge in [0, 0.05) is 12.2 Å². The Morgan fingerprint density at radius 2 is 2.36 bits per heavy atom. The summed E-state index contributed by atoms with van der Waals surface area (Å²) in [6.07, 6.45) is 0.744. The van der Waals surface area contributed by atoms with Crippen molar-refractivity contribution in [1.29, 1.82) is 0 Å². The van der Waals surface area contributed by atoms with E-state index in [1.54, 1.807) is 6.07 Å². The Morgan fingerprint density at radius 1 is 1.57 bits per heavy atom. The molecule has 1 aliphatic heterocycles. The quantitative estimate of drug-likeness (QED) is 0.519. The highest BCUT2D eigenvalue weighted by Gasteiger charge is 2.22. The summed E-state index contributed by atoms with van der Waals surface area (Å²) in [4.78, 5) is 11.4. The van der Waals surface area contributed by atoms with Crippen molar-refractivity contribution < 1.29 is 14.6 Å². The first kappa shape index (κ1) is 8.87. The largest absolute Gasteiger partial charge is 0.507 e. The minimum Gasteiger partial charge on any atom is -0.507 e. The fourth-order valence-electron chi connectivity index (χ4n) is 1.71. The molecule has 4 heteroatoms. The van der Waals surface area contributed by atoms with E-state index in [4.69, 9.17) is 0 Å². The van der Waals surface area contributed by atoms with Crippen LogP contribution in [0.25, 0.3) is 0 Å². The van der Waals surface area contributed by atoms with E-state index in [0.29, 0.717) is 0 Å². The maximum atomic E-state index is 11.4. The van der Waals surface area contributed by atoms with Crippen LogP contribution in [0.1, 0.15) is 15.9 Å². The molecular weight excluding hydrogens is 182 g/mol. The summed E-state index contributed by atoms with van der Waals surface area (Å²) in [5.41, 5.74) is 2.04. The molecular formula is C10H11NO3. The number of ether oxygens (including phenoxy) is 1. The van der Waals surface area contributed by atoms with Gasteiger partial charge in [-0.2, -0.15) is 0 Å². The van der Waals surface area contributed by atoms with Crippen LogP contribution in [-0.2, 0) is 11.2 Å². The fraction of sp³-hybridized carbons (Fsp3) is 0.300. The lowest BCUT2D eigenvalue weighted by atomic mass is 10.0. The Hall–Kier alpha value is -1.71. The molecule has 0 fully saturated rings. The first-order chi connectivity index (χ1) is 6.74. The normalized spacial score (nSPS) is 13.2. The van der Waals surface area contributed by atoms with Gasteiger partial charge in [0.05, 0.1) is 7.11 Å². The molecule has 74 valence electrons. The lowest BCUT2D eigenvalue weighted by molar-refractivity contribution is 0.0596. The number of hydrogen-bond acceptors (Lipinski definition) is 4. The third-order valence-electron chi connectivity index (χ3n) is 2.37. The number of rotatable bonds is 1. The van der Waals surface area contributed by atoms with Gasteiger partial charge in [-0.25, -0.2) is 4.79 Å². The predicted molar refractivity (Wildman–Crippen MR) is 51.6 cm³/mol. The zero-order valence-corrected chi connectivity index (χ0v) is 7.83. The number of phenolic OH excluding ortho intramolecular Hbond substituents is 1. The predicted octanol–water partition coefficient (Wildman–Crippen LogP) is 1.15. The first-order valence-corrected chi connectivity index (χ1v) is 4.41. The number of benzene rings is 1. The SMILES string of the molecule is COC(=O)c1c(O)ccc2c1CCN2. The van der Waals surface area contributed by atoms with Gasteiger partial charge in [0.25, 0.3) is 0 Å².